The maximum absolute atomic E-state index is 11.7. The maximum atomic E-state index is 11.7. The molecule has 0 aliphatic heterocycles. The molecule has 1 aromatic carbocycles. The average molecular weight is 247 g/mol. The fourth-order valence-electron chi connectivity index (χ4n) is 2.42. The largest absolute Gasteiger partial charge is 0.378 e. The fourth-order valence-corrected chi connectivity index (χ4v) is 2.42. The summed E-state index contributed by atoms with van der Waals surface area (Å²) in [5.41, 5.74) is 3.37. The smallest absolute Gasteiger partial charge is 0.253 e. The highest BCUT2D eigenvalue weighted by Crippen LogP contribution is 2.24. The van der Waals surface area contributed by atoms with Crippen molar-refractivity contribution in [1.29, 1.82) is 0 Å². The first-order valence-corrected chi connectivity index (χ1v) is 6.80. The van der Waals surface area contributed by atoms with Gasteiger partial charge in [0, 0.05) is 6.54 Å². The monoisotopic (exact) mass is 247 g/mol. The van der Waals surface area contributed by atoms with Gasteiger partial charge in [0.15, 0.2) is 6.10 Å². The SMILES string of the molecule is CCCNC(=O)C(O)c1ccc2c(c1)CCCC2. The van der Waals surface area contributed by atoms with Crippen LogP contribution in [0.4, 0.5) is 0 Å². The van der Waals surface area contributed by atoms with Crippen LogP contribution in [0, 0.1) is 0 Å². The number of amides is 1. The van der Waals surface area contributed by atoms with E-state index < -0.39 is 6.10 Å². The third kappa shape index (κ3) is 2.91. The summed E-state index contributed by atoms with van der Waals surface area (Å²) < 4.78 is 0. The lowest BCUT2D eigenvalue weighted by Crippen LogP contribution is -2.29. The molecule has 0 aromatic heterocycles. The minimum Gasteiger partial charge on any atom is -0.378 e. The second kappa shape index (κ2) is 6.01. The molecule has 2 N–H and O–H groups in total. The number of rotatable bonds is 4. The highest BCUT2D eigenvalue weighted by molar-refractivity contribution is 5.81. The van der Waals surface area contributed by atoms with E-state index >= 15 is 0 Å². The molecule has 3 nitrogen and oxygen atoms in total. The first-order valence-electron chi connectivity index (χ1n) is 6.80. The second-order valence-corrected chi connectivity index (χ2v) is 4.93. The van der Waals surface area contributed by atoms with Crippen molar-refractivity contribution in [3.05, 3.63) is 34.9 Å². The molecule has 1 aliphatic carbocycles. The lowest BCUT2D eigenvalue weighted by molar-refractivity contribution is -0.129. The summed E-state index contributed by atoms with van der Waals surface area (Å²) >= 11 is 0. The Balaban J connectivity index is 2.10. The number of hydrogen-bond acceptors (Lipinski definition) is 2. The molecule has 1 atom stereocenters. The van der Waals surface area contributed by atoms with Crippen LogP contribution in [0.3, 0.4) is 0 Å². The molecule has 0 saturated carbocycles. The Morgan fingerprint density at radius 1 is 1.33 bits per heavy atom. The normalized spacial score (nSPS) is 15.9. The van der Waals surface area contributed by atoms with Crippen LogP contribution in [-0.4, -0.2) is 17.6 Å². The molecule has 98 valence electrons. The zero-order chi connectivity index (χ0) is 13.0. The van der Waals surface area contributed by atoms with E-state index in [0.717, 1.165) is 19.3 Å². The van der Waals surface area contributed by atoms with Crippen molar-refractivity contribution in [2.24, 2.45) is 0 Å². The number of aliphatic hydroxyl groups excluding tert-OH is 1. The Morgan fingerprint density at radius 3 is 2.78 bits per heavy atom. The molecule has 18 heavy (non-hydrogen) atoms. The van der Waals surface area contributed by atoms with Gasteiger partial charge in [0.1, 0.15) is 0 Å². The van der Waals surface area contributed by atoms with E-state index in [0.29, 0.717) is 12.1 Å². The third-order valence-corrected chi connectivity index (χ3v) is 3.49. The van der Waals surface area contributed by atoms with Crippen LogP contribution in [0.1, 0.15) is 49.0 Å². The van der Waals surface area contributed by atoms with Gasteiger partial charge in [0.05, 0.1) is 0 Å². The van der Waals surface area contributed by atoms with Crippen LogP contribution in [0.25, 0.3) is 0 Å². The predicted octanol–water partition coefficient (Wildman–Crippen LogP) is 2.12. The number of fused-ring (bicyclic) bond motifs is 1. The van der Waals surface area contributed by atoms with Crippen molar-refractivity contribution in [2.75, 3.05) is 6.54 Å². The molecule has 0 radical (unpaired) electrons. The second-order valence-electron chi connectivity index (χ2n) is 4.93. The molecule has 0 heterocycles. The van der Waals surface area contributed by atoms with Gasteiger partial charge in [0.25, 0.3) is 5.91 Å². The molecule has 0 saturated heterocycles. The summed E-state index contributed by atoms with van der Waals surface area (Å²) in [6.07, 6.45) is 4.47. The zero-order valence-corrected chi connectivity index (χ0v) is 10.9. The molecule has 0 fully saturated rings. The van der Waals surface area contributed by atoms with Crippen molar-refractivity contribution in [1.82, 2.24) is 5.32 Å². The zero-order valence-electron chi connectivity index (χ0n) is 10.9. The average Bonchev–Trinajstić information content (AvgIpc) is 2.43. The van der Waals surface area contributed by atoms with Crippen LogP contribution in [0.15, 0.2) is 18.2 Å². The number of hydrogen-bond donors (Lipinski definition) is 2. The topological polar surface area (TPSA) is 49.3 Å². The summed E-state index contributed by atoms with van der Waals surface area (Å²) in [7, 11) is 0. The highest BCUT2D eigenvalue weighted by Gasteiger charge is 2.18. The third-order valence-electron chi connectivity index (χ3n) is 3.49. The first kappa shape index (κ1) is 13.1. The van der Waals surface area contributed by atoms with E-state index in [-0.39, 0.29) is 5.91 Å². The van der Waals surface area contributed by atoms with Crippen molar-refractivity contribution in [3.8, 4) is 0 Å². The first-order chi connectivity index (χ1) is 8.72. The van der Waals surface area contributed by atoms with E-state index in [1.807, 2.05) is 19.1 Å². The quantitative estimate of drug-likeness (QED) is 0.856. The number of aryl methyl sites for hydroxylation is 2. The van der Waals surface area contributed by atoms with Crippen molar-refractivity contribution >= 4 is 5.91 Å². The van der Waals surface area contributed by atoms with Crippen molar-refractivity contribution < 1.29 is 9.90 Å². The van der Waals surface area contributed by atoms with E-state index in [2.05, 4.69) is 11.4 Å². The van der Waals surface area contributed by atoms with Gasteiger partial charge in [0.2, 0.25) is 0 Å². The maximum Gasteiger partial charge on any atom is 0.253 e. The Hall–Kier alpha value is -1.35. The molecule has 1 unspecified atom stereocenters. The van der Waals surface area contributed by atoms with Gasteiger partial charge >= 0.3 is 0 Å². The molecule has 1 aromatic rings. The molecular formula is C15H21NO2. The molecule has 0 spiro atoms. The summed E-state index contributed by atoms with van der Waals surface area (Å²) in [6, 6.07) is 5.92. The van der Waals surface area contributed by atoms with E-state index in [1.165, 1.54) is 24.0 Å². The van der Waals surface area contributed by atoms with Gasteiger partial charge in [-0.15, -0.1) is 0 Å². The van der Waals surface area contributed by atoms with Gasteiger partial charge < -0.3 is 10.4 Å². The van der Waals surface area contributed by atoms with Gasteiger partial charge in [-0.2, -0.15) is 0 Å². The Morgan fingerprint density at radius 2 is 2.06 bits per heavy atom. The Kier molecular flexibility index (Phi) is 4.37. The summed E-state index contributed by atoms with van der Waals surface area (Å²) in [6.45, 7) is 2.60. The fraction of sp³-hybridized carbons (Fsp3) is 0.533. The minimum atomic E-state index is -1.04. The summed E-state index contributed by atoms with van der Waals surface area (Å²) in [5, 5.41) is 12.7. The van der Waals surface area contributed by atoms with Crippen LogP contribution in [0.2, 0.25) is 0 Å². The lowest BCUT2D eigenvalue weighted by atomic mass is 9.89. The van der Waals surface area contributed by atoms with Crippen molar-refractivity contribution in [3.63, 3.8) is 0 Å². The minimum absolute atomic E-state index is 0.299. The molecule has 2 rings (SSSR count). The highest BCUT2D eigenvalue weighted by atomic mass is 16.3. The van der Waals surface area contributed by atoms with E-state index in [9.17, 15) is 9.90 Å². The number of carbonyl (C=O) groups excluding carboxylic acids is 1. The number of carbonyl (C=O) groups is 1. The van der Waals surface area contributed by atoms with Gasteiger partial charge in [-0.25, -0.2) is 0 Å². The number of benzene rings is 1. The molecule has 3 heteroatoms. The molecule has 0 bridgehead atoms. The van der Waals surface area contributed by atoms with Crippen LogP contribution >= 0.6 is 0 Å². The van der Waals surface area contributed by atoms with Crippen LogP contribution < -0.4 is 5.32 Å². The van der Waals surface area contributed by atoms with E-state index in [1.54, 1.807) is 0 Å². The summed E-state index contributed by atoms with van der Waals surface area (Å²) in [5.74, 6) is -0.299. The van der Waals surface area contributed by atoms with E-state index in [4.69, 9.17) is 0 Å². The van der Waals surface area contributed by atoms with Gasteiger partial charge in [-0.1, -0.05) is 25.1 Å². The number of nitrogens with one attached hydrogen (secondary N) is 1. The Bertz CT molecular complexity index is 429. The lowest BCUT2D eigenvalue weighted by Gasteiger charge is -2.18. The summed E-state index contributed by atoms with van der Waals surface area (Å²) in [4.78, 5) is 11.7. The van der Waals surface area contributed by atoms with Crippen LogP contribution in [-0.2, 0) is 17.6 Å². The molecular weight excluding hydrogens is 226 g/mol. The van der Waals surface area contributed by atoms with Crippen LogP contribution in [0.5, 0.6) is 0 Å². The molecule has 1 aliphatic rings. The van der Waals surface area contributed by atoms with Gasteiger partial charge in [-0.05, 0) is 48.8 Å². The standard InChI is InChI=1S/C15H21NO2/c1-2-9-16-15(18)14(17)13-8-7-11-5-3-4-6-12(11)10-13/h7-8,10,14,17H,2-6,9H2,1H3,(H,16,18). The molecule has 1 amide bonds. The number of aliphatic hydroxyl groups is 1. The Labute approximate surface area is 108 Å². The predicted molar refractivity (Wildman–Crippen MR) is 71.3 cm³/mol. The van der Waals surface area contributed by atoms with Crippen molar-refractivity contribution in [2.45, 2.75) is 45.1 Å². The van der Waals surface area contributed by atoms with Gasteiger partial charge in [-0.3, -0.25) is 4.79 Å².